The van der Waals surface area contributed by atoms with E-state index in [2.05, 4.69) is 10.4 Å². The van der Waals surface area contributed by atoms with E-state index in [1.54, 1.807) is 11.0 Å². The summed E-state index contributed by atoms with van der Waals surface area (Å²) in [5.41, 5.74) is 2.04. The molecule has 1 aliphatic heterocycles. The average molecular weight is 332 g/mol. The summed E-state index contributed by atoms with van der Waals surface area (Å²) < 4.78 is 1.82. The van der Waals surface area contributed by atoms with E-state index in [1.807, 2.05) is 35.4 Å². The van der Waals surface area contributed by atoms with Crippen LogP contribution in [-0.4, -0.2) is 39.6 Å². The number of rotatable bonds is 4. The van der Waals surface area contributed by atoms with Gasteiger partial charge in [0, 0.05) is 18.5 Å². The molecular weight excluding hydrogens is 312 g/mol. The van der Waals surface area contributed by atoms with Crippen molar-refractivity contribution in [3.8, 4) is 0 Å². The molecule has 0 radical (unpaired) electrons. The van der Waals surface area contributed by atoms with Crippen LogP contribution in [-0.2, 0) is 13.1 Å². The molecule has 0 saturated carbocycles. The molecule has 2 aromatic rings. The van der Waals surface area contributed by atoms with Crippen LogP contribution in [0.2, 0.25) is 0 Å². The Hall–Kier alpha value is -2.15. The second-order valence-electron chi connectivity index (χ2n) is 6.09. The zero-order chi connectivity index (χ0) is 16.4. The first-order chi connectivity index (χ1) is 11.0. The molecule has 122 valence electrons. The molecule has 0 bridgehead atoms. The van der Waals surface area contributed by atoms with Gasteiger partial charge in [-0.25, -0.2) is 0 Å². The fraction of sp³-hybridized carbons (Fsp3) is 0.438. The molecule has 1 aliphatic rings. The lowest BCUT2D eigenvalue weighted by atomic mass is 10.2. The van der Waals surface area contributed by atoms with Gasteiger partial charge in [-0.1, -0.05) is 13.8 Å². The fourth-order valence-corrected chi connectivity index (χ4v) is 3.14. The van der Waals surface area contributed by atoms with Crippen LogP contribution in [0.4, 0.5) is 0 Å². The Kier molecular flexibility index (Phi) is 4.47. The Morgan fingerprint density at radius 1 is 1.39 bits per heavy atom. The van der Waals surface area contributed by atoms with Crippen molar-refractivity contribution < 1.29 is 9.59 Å². The molecule has 0 spiro atoms. The molecule has 7 heteroatoms. The fourth-order valence-electron chi connectivity index (χ4n) is 2.51. The molecule has 1 N–H and O–H groups in total. The lowest BCUT2D eigenvalue weighted by Gasteiger charge is -2.27. The van der Waals surface area contributed by atoms with Crippen LogP contribution in [0, 0.1) is 5.92 Å². The largest absolute Gasteiger partial charge is 0.350 e. The van der Waals surface area contributed by atoms with Gasteiger partial charge < -0.3 is 10.2 Å². The third-order valence-corrected chi connectivity index (χ3v) is 4.44. The molecule has 0 saturated heterocycles. The topological polar surface area (TPSA) is 67.2 Å². The van der Waals surface area contributed by atoms with E-state index in [0.29, 0.717) is 37.8 Å². The number of nitrogens with zero attached hydrogens (tertiary/aromatic N) is 3. The Bertz CT molecular complexity index is 706. The van der Waals surface area contributed by atoms with E-state index in [9.17, 15) is 9.59 Å². The van der Waals surface area contributed by atoms with Crippen molar-refractivity contribution in [2.75, 3.05) is 13.1 Å². The highest BCUT2D eigenvalue weighted by atomic mass is 32.1. The Balaban J connectivity index is 1.69. The maximum absolute atomic E-state index is 12.4. The third kappa shape index (κ3) is 3.44. The molecule has 0 aromatic carbocycles. The summed E-state index contributed by atoms with van der Waals surface area (Å²) in [5, 5.41) is 11.0. The quantitative estimate of drug-likeness (QED) is 0.931. The summed E-state index contributed by atoms with van der Waals surface area (Å²) in [6, 6.07) is 3.62. The lowest BCUT2D eigenvalue weighted by molar-refractivity contribution is 0.0706. The van der Waals surface area contributed by atoms with Gasteiger partial charge >= 0.3 is 0 Å². The van der Waals surface area contributed by atoms with E-state index < -0.39 is 0 Å². The highest BCUT2D eigenvalue weighted by Gasteiger charge is 2.24. The normalized spacial score (nSPS) is 14.0. The van der Waals surface area contributed by atoms with Crippen LogP contribution in [0.1, 0.15) is 40.4 Å². The van der Waals surface area contributed by atoms with Gasteiger partial charge in [-0.05, 0) is 23.4 Å². The van der Waals surface area contributed by atoms with Gasteiger partial charge in [0.1, 0.15) is 0 Å². The standard InChI is InChI=1S/C16H20N4O2S/c1-11(2)8-17-15(21)14-7-13-9-19(4-5-20(13)18-14)16(22)12-3-6-23-10-12/h3,6-7,10-11H,4-5,8-9H2,1-2H3,(H,17,21). The molecule has 3 heterocycles. The van der Waals surface area contributed by atoms with Gasteiger partial charge in [0.2, 0.25) is 0 Å². The molecule has 23 heavy (non-hydrogen) atoms. The Morgan fingerprint density at radius 3 is 2.91 bits per heavy atom. The molecule has 3 rings (SSSR count). The first-order valence-electron chi connectivity index (χ1n) is 7.71. The number of nitrogens with one attached hydrogen (secondary N) is 1. The molecule has 2 aromatic heterocycles. The number of aromatic nitrogens is 2. The van der Waals surface area contributed by atoms with Crippen LogP contribution < -0.4 is 5.32 Å². The van der Waals surface area contributed by atoms with Crippen molar-refractivity contribution in [1.29, 1.82) is 0 Å². The SMILES string of the molecule is CC(C)CNC(=O)c1cc2n(n1)CCN(C(=O)c1ccsc1)C2. The van der Waals surface area contributed by atoms with Crippen LogP contribution in [0.25, 0.3) is 0 Å². The molecule has 0 fully saturated rings. The number of thiophene rings is 1. The highest BCUT2D eigenvalue weighted by Crippen LogP contribution is 2.17. The van der Waals surface area contributed by atoms with E-state index >= 15 is 0 Å². The zero-order valence-electron chi connectivity index (χ0n) is 13.3. The average Bonchev–Trinajstić information content (AvgIpc) is 3.20. The number of carbonyl (C=O) groups excluding carboxylic acids is 2. The van der Waals surface area contributed by atoms with Gasteiger partial charge in [-0.3, -0.25) is 14.3 Å². The number of amides is 2. The van der Waals surface area contributed by atoms with Gasteiger partial charge in [0.25, 0.3) is 11.8 Å². The third-order valence-electron chi connectivity index (χ3n) is 3.76. The van der Waals surface area contributed by atoms with Crippen molar-refractivity contribution >= 4 is 23.2 Å². The lowest BCUT2D eigenvalue weighted by Crippen LogP contribution is -2.38. The molecule has 0 aliphatic carbocycles. The summed E-state index contributed by atoms with van der Waals surface area (Å²) in [7, 11) is 0. The number of hydrogen-bond acceptors (Lipinski definition) is 4. The Labute approximate surface area is 139 Å². The minimum absolute atomic E-state index is 0.0320. The van der Waals surface area contributed by atoms with E-state index in [-0.39, 0.29) is 11.8 Å². The summed E-state index contributed by atoms with van der Waals surface area (Å²) in [5.74, 6) is 0.274. The van der Waals surface area contributed by atoms with Gasteiger partial charge in [-0.15, -0.1) is 0 Å². The Morgan fingerprint density at radius 2 is 2.22 bits per heavy atom. The molecule has 0 unspecified atom stereocenters. The van der Waals surface area contributed by atoms with Crippen LogP contribution in [0.15, 0.2) is 22.9 Å². The van der Waals surface area contributed by atoms with E-state index in [0.717, 1.165) is 11.3 Å². The smallest absolute Gasteiger partial charge is 0.271 e. The first-order valence-corrected chi connectivity index (χ1v) is 8.65. The van der Waals surface area contributed by atoms with Crippen molar-refractivity contribution in [1.82, 2.24) is 20.0 Å². The second kappa shape index (κ2) is 6.54. The second-order valence-corrected chi connectivity index (χ2v) is 6.87. The summed E-state index contributed by atoms with van der Waals surface area (Å²) >= 11 is 1.52. The van der Waals surface area contributed by atoms with E-state index in [1.165, 1.54) is 11.3 Å². The van der Waals surface area contributed by atoms with Crippen molar-refractivity contribution in [2.24, 2.45) is 5.92 Å². The van der Waals surface area contributed by atoms with Crippen molar-refractivity contribution in [3.05, 3.63) is 39.8 Å². The van der Waals surface area contributed by atoms with Crippen LogP contribution >= 0.6 is 11.3 Å². The number of fused-ring (bicyclic) bond motifs is 1. The molecule has 2 amide bonds. The predicted octanol–water partition coefficient (Wildman–Crippen LogP) is 1.99. The molecule has 6 nitrogen and oxygen atoms in total. The monoisotopic (exact) mass is 332 g/mol. The number of hydrogen-bond donors (Lipinski definition) is 1. The van der Waals surface area contributed by atoms with Crippen LogP contribution in [0.3, 0.4) is 0 Å². The van der Waals surface area contributed by atoms with Crippen molar-refractivity contribution in [3.63, 3.8) is 0 Å². The van der Waals surface area contributed by atoms with Crippen LogP contribution in [0.5, 0.6) is 0 Å². The minimum atomic E-state index is -0.156. The maximum atomic E-state index is 12.4. The zero-order valence-corrected chi connectivity index (χ0v) is 14.1. The van der Waals surface area contributed by atoms with Crippen molar-refractivity contribution in [2.45, 2.75) is 26.9 Å². The predicted molar refractivity (Wildman–Crippen MR) is 88.5 cm³/mol. The van der Waals surface area contributed by atoms with Gasteiger partial charge in [0.05, 0.1) is 24.3 Å². The minimum Gasteiger partial charge on any atom is -0.350 e. The number of carbonyl (C=O) groups is 2. The molecular formula is C16H20N4O2S. The summed E-state index contributed by atoms with van der Waals surface area (Å²) in [6.07, 6.45) is 0. The first kappa shape index (κ1) is 15.7. The summed E-state index contributed by atoms with van der Waals surface area (Å²) in [4.78, 5) is 26.3. The van der Waals surface area contributed by atoms with E-state index in [4.69, 9.17) is 0 Å². The van der Waals surface area contributed by atoms with Gasteiger partial charge in [-0.2, -0.15) is 16.4 Å². The summed E-state index contributed by atoms with van der Waals surface area (Å²) in [6.45, 7) is 6.43. The molecule has 0 atom stereocenters. The van der Waals surface area contributed by atoms with Gasteiger partial charge in [0.15, 0.2) is 5.69 Å². The maximum Gasteiger partial charge on any atom is 0.271 e. The highest BCUT2D eigenvalue weighted by molar-refractivity contribution is 7.08.